The van der Waals surface area contributed by atoms with Crippen LogP contribution in [0, 0.1) is 0 Å². The summed E-state index contributed by atoms with van der Waals surface area (Å²) in [5, 5.41) is 0.344. The van der Waals surface area contributed by atoms with E-state index in [-0.39, 0.29) is 0 Å². The number of anilines is 3. The maximum atomic E-state index is 12.0. The van der Waals surface area contributed by atoms with E-state index in [0.29, 0.717) is 10.9 Å². The zero-order valence-electron chi connectivity index (χ0n) is 16.5. The number of aromatic amines is 1. The Balaban J connectivity index is 1.56. The molecule has 5 heteroatoms. The van der Waals surface area contributed by atoms with Crippen LogP contribution in [-0.2, 0) is 0 Å². The number of nitrogens with zero attached hydrogens (tertiary/aromatic N) is 1. The minimum absolute atomic E-state index is 0.344. The van der Waals surface area contributed by atoms with Crippen molar-refractivity contribution in [2.45, 2.75) is 0 Å². The molecule has 0 aliphatic carbocycles. The molecular formula is C26H18N2O3. The maximum Gasteiger partial charge on any atom is 0.419 e. The third kappa shape index (κ3) is 3.65. The summed E-state index contributed by atoms with van der Waals surface area (Å²) in [6.07, 6.45) is 0. The first kappa shape index (κ1) is 18.6. The molecule has 5 aromatic rings. The lowest BCUT2D eigenvalue weighted by Crippen LogP contribution is -2.14. The van der Waals surface area contributed by atoms with Crippen molar-refractivity contribution in [3.8, 4) is 11.1 Å². The number of fused-ring (bicyclic) bond motifs is 1. The molecule has 1 N–H and O–H groups in total. The zero-order chi connectivity index (χ0) is 21.2. The number of benzene rings is 4. The molecule has 4 aromatic carbocycles. The van der Waals surface area contributed by atoms with Crippen molar-refractivity contribution in [1.29, 1.82) is 0 Å². The van der Waals surface area contributed by atoms with Crippen LogP contribution >= 0.6 is 0 Å². The molecule has 31 heavy (non-hydrogen) atoms. The van der Waals surface area contributed by atoms with E-state index in [1.165, 1.54) is 0 Å². The molecule has 0 fully saturated rings. The molecular weight excluding hydrogens is 388 g/mol. The van der Waals surface area contributed by atoms with Gasteiger partial charge in [0.2, 0.25) is 0 Å². The Labute approximate surface area is 177 Å². The molecule has 0 saturated heterocycles. The normalized spacial score (nSPS) is 10.8. The van der Waals surface area contributed by atoms with Crippen LogP contribution in [-0.4, -0.2) is 4.98 Å². The molecule has 0 amide bonds. The highest BCUT2D eigenvalue weighted by atomic mass is 16.4. The number of nitrogens with one attached hydrogen (secondary N) is 1. The first-order valence-electron chi connectivity index (χ1n) is 9.87. The maximum absolute atomic E-state index is 12.0. The minimum Gasteiger partial charge on any atom is -0.372 e. The van der Waals surface area contributed by atoms with Gasteiger partial charge in [-0.1, -0.05) is 54.6 Å². The number of rotatable bonds is 4. The van der Waals surface area contributed by atoms with Crippen molar-refractivity contribution in [3.05, 3.63) is 124 Å². The van der Waals surface area contributed by atoms with Crippen LogP contribution in [0.1, 0.15) is 0 Å². The van der Waals surface area contributed by atoms with Crippen LogP contribution < -0.4 is 16.3 Å². The largest absolute Gasteiger partial charge is 0.419 e. The highest BCUT2D eigenvalue weighted by Crippen LogP contribution is 2.35. The lowest BCUT2D eigenvalue weighted by atomic mass is 10.0. The molecule has 0 radical (unpaired) electrons. The van der Waals surface area contributed by atoms with Gasteiger partial charge < -0.3 is 9.32 Å². The van der Waals surface area contributed by atoms with E-state index < -0.39 is 11.4 Å². The Morgan fingerprint density at radius 3 is 1.77 bits per heavy atom. The summed E-state index contributed by atoms with van der Waals surface area (Å²) in [7, 11) is 0. The quantitative estimate of drug-likeness (QED) is 0.421. The SMILES string of the molecule is O=c1[nH]c2ccc(-c3ccc(N(c4ccccc4)c4ccccc4)cc3)cc2c(=O)o1. The topological polar surface area (TPSA) is 66.3 Å². The Bertz CT molecular complexity index is 1420. The van der Waals surface area contributed by atoms with E-state index in [2.05, 4.69) is 50.7 Å². The predicted molar refractivity (Wildman–Crippen MR) is 123 cm³/mol. The van der Waals surface area contributed by atoms with Gasteiger partial charge in [0, 0.05) is 17.1 Å². The summed E-state index contributed by atoms with van der Waals surface area (Å²) in [6.45, 7) is 0. The highest BCUT2D eigenvalue weighted by Gasteiger charge is 2.12. The molecule has 5 nitrogen and oxygen atoms in total. The van der Waals surface area contributed by atoms with Crippen molar-refractivity contribution in [2.75, 3.05) is 4.90 Å². The fourth-order valence-corrected chi connectivity index (χ4v) is 3.68. The second-order valence-corrected chi connectivity index (χ2v) is 7.12. The van der Waals surface area contributed by atoms with Gasteiger partial charge in [-0.2, -0.15) is 0 Å². The van der Waals surface area contributed by atoms with Gasteiger partial charge in [-0.15, -0.1) is 0 Å². The lowest BCUT2D eigenvalue weighted by molar-refractivity contribution is 0.460. The van der Waals surface area contributed by atoms with Crippen molar-refractivity contribution in [1.82, 2.24) is 4.98 Å². The average molecular weight is 406 g/mol. The molecule has 1 aromatic heterocycles. The fraction of sp³-hybridized carbons (Fsp3) is 0. The minimum atomic E-state index is -0.753. The van der Waals surface area contributed by atoms with Crippen LogP contribution in [0.4, 0.5) is 17.1 Å². The second-order valence-electron chi connectivity index (χ2n) is 7.12. The van der Waals surface area contributed by atoms with E-state index >= 15 is 0 Å². The van der Waals surface area contributed by atoms with Gasteiger partial charge in [-0.05, 0) is 59.7 Å². The van der Waals surface area contributed by atoms with Gasteiger partial charge in [0.15, 0.2) is 0 Å². The first-order valence-corrected chi connectivity index (χ1v) is 9.87. The monoisotopic (exact) mass is 406 g/mol. The lowest BCUT2D eigenvalue weighted by Gasteiger charge is -2.25. The summed E-state index contributed by atoms with van der Waals surface area (Å²) < 4.78 is 4.66. The summed E-state index contributed by atoms with van der Waals surface area (Å²) in [6, 6.07) is 33.8. The smallest absolute Gasteiger partial charge is 0.372 e. The summed E-state index contributed by atoms with van der Waals surface area (Å²) >= 11 is 0. The molecule has 150 valence electrons. The van der Waals surface area contributed by atoms with Crippen molar-refractivity contribution in [2.24, 2.45) is 0 Å². The standard InChI is InChI=1S/C26H18N2O3/c29-25-23-17-19(13-16-24(23)27-26(30)31-25)18-11-14-22(15-12-18)28(20-7-3-1-4-8-20)21-9-5-2-6-10-21/h1-17H,(H,27,30). The molecule has 1 heterocycles. The zero-order valence-corrected chi connectivity index (χ0v) is 16.5. The molecule has 0 spiro atoms. The van der Waals surface area contributed by atoms with Crippen molar-refractivity contribution >= 4 is 28.0 Å². The van der Waals surface area contributed by atoms with Crippen molar-refractivity contribution < 1.29 is 4.42 Å². The second kappa shape index (κ2) is 7.80. The summed E-state index contributed by atoms with van der Waals surface area (Å²) in [4.78, 5) is 28.1. The fourth-order valence-electron chi connectivity index (χ4n) is 3.68. The van der Waals surface area contributed by atoms with Gasteiger partial charge in [-0.3, -0.25) is 4.98 Å². The summed E-state index contributed by atoms with van der Waals surface area (Å²) in [5.41, 5.74) is 4.78. The Morgan fingerprint density at radius 1 is 0.613 bits per heavy atom. The third-order valence-corrected chi connectivity index (χ3v) is 5.15. The van der Waals surface area contributed by atoms with E-state index in [0.717, 1.165) is 28.2 Å². The van der Waals surface area contributed by atoms with E-state index in [1.807, 2.05) is 54.6 Å². The molecule has 0 unspecified atom stereocenters. The molecule has 5 rings (SSSR count). The highest BCUT2D eigenvalue weighted by molar-refractivity contribution is 5.84. The average Bonchev–Trinajstić information content (AvgIpc) is 2.81. The van der Waals surface area contributed by atoms with Gasteiger partial charge in [0.1, 0.15) is 0 Å². The van der Waals surface area contributed by atoms with Gasteiger partial charge in [0.25, 0.3) is 0 Å². The predicted octanol–water partition coefficient (Wildman–Crippen LogP) is 5.62. The molecule has 0 atom stereocenters. The van der Waals surface area contributed by atoms with Crippen molar-refractivity contribution in [3.63, 3.8) is 0 Å². The number of hydrogen-bond donors (Lipinski definition) is 1. The molecule has 0 bridgehead atoms. The van der Waals surface area contributed by atoms with Crippen LogP contribution in [0.5, 0.6) is 0 Å². The van der Waals surface area contributed by atoms with Crippen LogP contribution in [0.15, 0.2) is 117 Å². The Hall–Kier alpha value is -4.38. The van der Waals surface area contributed by atoms with E-state index in [4.69, 9.17) is 0 Å². The molecule has 0 aliphatic heterocycles. The first-order chi connectivity index (χ1) is 15.2. The number of hydrogen-bond acceptors (Lipinski definition) is 4. The number of H-pyrrole nitrogens is 1. The summed E-state index contributed by atoms with van der Waals surface area (Å²) in [5.74, 6) is -0.753. The van der Waals surface area contributed by atoms with E-state index in [1.54, 1.807) is 12.1 Å². The van der Waals surface area contributed by atoms with Crippen LogP contribution in [0.25, 0.3) is 22.0 Å². The van der Waals surface area contributed by atoms with Gasteiger partial charge in [-0.25, -0.2) is 9.59 Å². The number of para-hydroxylation sites is 2. The van der Waals surface area contributed by atoms with Gasteiger partial charge >= 0.3 is 11.4 Å². The third-order valence-electron chi connectivity index (χ3n) is 5.15. The van der Waals surface area contributed by atoms with Crippen LogP contribution in [0.3, 0.4) is 0 Å². The van der Waals surface area contributed by atoms with Gasteiger partial charge in [0.05, 0.1) is 10.9 Å². The molecule has 0 aliphatic rings. The number of aromatic nitrogens is 1. The van der Waals surface area contributed by atoms with Crippen LogP contribution in [0.2, 0.25) is 0 Å². The Kier molecular flexibility index (Phi) is 4.69. The molecule has 0 saturated carbocycles. The van der Waals surface area contributed by atoms with E-state index in [9.17, 15) is 9.59 Å². The Morgan fingerprint density at radius 2 is 1.16 bits per heavy atom.